The number of rotatable bonds is 5. The molecule has 0 unspecified atom stereocenters. The molecule has 1 atom stereocenters. The summed E-state index contributed by atoms with van der Waals surface area (Å²) in [6.45, 7) is 2.53. The van der Waals surface area contributed by atoms with Crippen LogP contribution < -0.4 is 5.32 Å². The normalized spacial score (nSPS) is 16.4. The molecule has 1 aliphatic rings. The number of likely N-dealkylation sites (tertiary alicyclic amines) is 1. The summed E-state index contributed by atoms with van der Waals surface area (Å²) < 4.78 is 66.0. The van der Waals surface area contributed by atoms with Crippen LogP contribution in [0.15, 0.2) is 47.4 Å². The van der Waals surface area contributed by atoms with Gasteiger partial charge in [0.1, 0.15) is 5.82 Å². The lowest BCUT2D eigenvalue weighted by Crippen LogP contribution is -2.36. The predicted molar refractivity (Wildman–Crippen MR) is 128 cm³/mol. The van der Waals surface area contributed by atoms with Crippen LogP contribution in [0.2, 0.25) is 5.02 Å². The summed E-state index contributed by atoms with van der Waals surface area (Å²) in [6, 6.07) is 8.20. The van der Waals surface area contributed by atoms with Gasteiger partial charge in [-0.25, -0.2) is 13.2 Å². The fourth-order valence-corrected chi connectivity index (χ4v) is 5.15. The van der Waals surface area contributed by atoms with Crippen molar-refractivity contribution in [2.75, 3.05) is 18.1 Å². The second-order valence-electron chi connectivity index (χ2n) is 8.58. The Hall–Kier alpha value is -3.12. The fraction of sp³-hybridized carbons (Fsp3) is 0.348. The number of sulfone groups is 1. The van der Waals surface area contributed by atoms with Gasteiger partial charge in [-0.1, -0.05) is 23.7 Å². The van der Waals surface area contributed by atoms with Gasteiger partial charge in [-0.2, -0.15) is 13.2 Å². The first-order valence-electron chi connectivity index (χ1n) is 11.0. The van der Waals surface area contributed by atoms with E-state index < -0.39 is 44.2 Å². The number of halogens is 4. The van der Waals surface area contributed by atoms with E-state index in [0.29, 0.717) is 54.7 Å². The summed E-state index contributed by atoms with van der Waals surface area (Å²) in [5, 5.41) is 11.4. The number of aromatic nitrogens is 3. The number of hydrogen-bond acceptors (Lipinski definition) is 5. The molecule has 0 bridgehead atoms. The van der Waals surface area contributed by atoms with Crippen molar-refractivity contribution < 1.29 is 26.4 Å². The Morgan fingerprint density at radius 1 is 1.17 bits per heavy atom. The first kappa shape index (κ1) is 26.0. The molecule has 1 saturated heterocycles. The molecule has 4 rings (SSSR count). The van der Waals surface area contributed by atoms with Gasteiger partial charge in [0.15, 0.2) is 15.7 Å². The predicted octanol–water partition coefficient (Wildman–Crippen LogP) is 5.08. The number of benzene rings is 2. The van der Waals surface area contributed by atoms with E-state index in [9.17, 15) is 26.4 Å². The number of carbonyl (C=O) groups is 1. The molecule has 2 aromatic carbocycles. The minimum atomic E-state index is -4.71. The third-order valence-electron chi connectivity index (χ3n) is 5.98. The molecule has 2 heterocycles. The summed E-state index contributed by atoms with van der Waals surface area (Å²) in [5.41, 5.74) is -0.553. The number of nitrogens with one attached hydrogen (secondary N) is 1. The first-order chi connectivity index (χ1) is 16.8. The van der Waals surface area contributed by atoms with Crippen molar-refractivity contribution in [2.45, 2.75) is 43.4 Å². The maximum atomic E-state index is 13.3. The number of alkyl halides is 3. The Balaban J connectivity index is 1.63. The number of amides is 2. The zero-order valence-corrected chi connectivity index (χ0v) is 21.0. The monoisotopic (exact) mass is 541 g/mol. The Labute approximate surface area is 211 Å². The molecule has 8 nitrogen and oxygen atoms in total. The van der Waals surface area contributed by atoms with Crippen molar-refractivity contribution in [3.05, 3.63) is 70.3 Å². The van der Waals surface area contributed by atoms with Crippen LogP contribution in [0.3, 0.4) is 0 Å². The van der Waals surface area contributed by atoms with Crippen LogP contribution in [0, 0.1) is 6.92 Å². The lowest BCUT2D eigenvalue weighted by atomic mass is 10.2. The molecule has 0 radical (unpaired) electrons. The maximum absolute atomic E-state index is 13.3. The van der Waals surface area contributed by atoms with Crippen molar-refractivity contribution in [2.24, 2.45) is 0 Å². The van der Waals surface area contributed by atoms with E-state index in [1.807, 2.05) is 16.7 Å². The number of hydrogen-bond donors (Lipinski definition) is 1. The standard InChI is InChI=1S/C23H23ClF3N5O3S/c1-14-29-30-21(32(14)13-15-5-8-17(24)9-6-15)19-4-3-11-31(19)22(33)28-18-12-16(23(25,26)27)7-10-20(18)36(2,34)35/h5-10,12,19H,3-4,11,13H2,1-2H3,(H,28,33)/t19-/m1/s1. The van der Waals surface area contributed by atoms with E-state index >= 15 is 0 Å². The Morgan fingerprint density at radius 2 is 1.86 bits per heavy atom. The van der Waals surface area contributed by atoms with Gasteiger partial charge in [0.25, 0.3) is 0 Å². The molecule has 0 aliphatic carbocycles. The average Bonchev–Trinajstić information content (AvgIpc) is 3.41. The second kappa shape index (κ2) is 9.74. The van der Waals surface area contributed by atoms with Crippen LogP contribution in [0.25, 0.3) is 0 Å². The van der Waals surface area contributed by atoms with Gasteiger partial charge in [0.05, 0.1) is 28.7 Å². The average molecular weight is 542 g/mol. The summed E-state index contributed by atoms with van der Waals surface area (Å²) >= 11 is 5.97. The molecular weight excluding hydrogens is 519 g/mol. The highest BCUT2D eigenvalue weighted by Gasteiger charge is 2.36. The van der Waals surface area contributed by atoms with E-state index in [0.717, 1.165) is 17.9 Å². The summed E-state index contributed by atoms with van der Waals surface area (Å²) in [6.07, 6.45) is -2.65. The molecule has 0 spiro atoms. The zero-order valence-electron chi connectivity index (χ0n) is 19.4. The summed E-state index contributed by atoms with van der Waals surface area (Å²) in [4.78, 5) is 14.3. The van der Waals surface area contributed by atoms with Crippen LogP contribution in [0.1, 0.15) is 41.7 Å². The molecular formula is C23H23ClF3N5O3S. The quantitative estimate of drug-likeness (QED) is 0.486. The Bertz CT molecular complexity index is 1390. The van der Waals surface area contributed by atoms with Gasteiger partial charge >= 0.3 is 12.2 Å². The smallest absolute Gasteiger partial charge is 0.314 e. The molecule has 2 amide bonds. The lowest BCUT2D eigenvalue weighted by molar-refractivity contribution is -0.137. The van der Waals surface area contributed by atoms with Gasteiger partial charge in [-0.05, 0) is 55.7 Å². The molecule has 13 heteroatoms. The first-order valence-corrected chi connectivity index (χ1v) is 13.2. The van der Waals surface area contributed by atoms with Gasteiger partial charge < -0.3 is 14.8 Å². The van der Waals surface area contributed by atoms with E-state index in [-0.39, 0.29) is 0 Å². The molecule has 3 aromatic rings. The van der Waals surface area contributed by atoms with Gasteiger partial charge in [-0.15, -0.1) is 10.2 Å². The number of urea groups is 1. The highest BCUT2D eigenvalue weighted by molar-refractivity contribution is 7.90. The van der Waals surface area contributed by atoms with Crippen LogP contribution >= 0.6 is 11.6 Å². The summed E-state index contributed by atoms with van der Waals surface area (Å²) in [7, 11) is -3.91. The SMILES string of the molecule is Cc1nnc([C@H]2CCCN2C(=O)Nc2cc(C(F)(F)F)ccc2S(C)(=O)=O)n1Cc1ccc(Cl)cc1. The van der Waals surface area contributed by atoms with E-state index in [1.165, 1.54) is 4.90 Å². The van der Waals surface area contributed by atoms with Gasteiger partial charge in [0.2, 0.25) is 0 Å². The molecule has 1 aliphatic heterocycles. The summed E-state index contributed by atoms with van der Waals surface area (Å²) in [5.74, 6) is 1.16. The van der Waals surface area contributed by atoms with Crippen LogP contribution in [-0.4, -0.2) is 46.9 Å². The van der Waals surface area contributed by atoms with Crippen molar-refractivity contribution >= 4 is 33.2 Å². The highest BCUT2D eigenvalue weighted by Crippen LogP contribution is 2.36. The maximum Gasteiger partial charge on any atom is 0.416 e. The molecule has 192 valence electrons. The molecule has 0 saturated carbocycles. The topological polar surface area (TPSA) is 97.2 Å². The number of anilines is 1. The third-order valence-corrected chi connectivity index (χ3v) is 7.38. The number of nitrogens with zero attached hydrogens (tertiary/aromatic N) is 4. The van der Waals surface area contributed by atoms with Crippen molar-refractivity contribution in [1.82, 2.24) is 19.7 Å². The largest absolute Gasteiger partial charge is 0.416 e. The van der Waals surface area contributed by atoms with Crippen LogP contribution in [-0.2, 0) is 22.6 Å². The molecule has 36 heavy (non-hydrogen) atoms. The Morgan fingerprint density at radius 3 is 2.50 bits per heavy atom. The number of aryl methyl sites for hydroxylation is 1. The zero-order chi connectivity index (χ0) is 26.3. The second-order valence-corrected chi connectivity index (χ2v) is 11.0. The van der Waals surface area contributed by atoms with E-state index in [4.69, 9.17) is 11.6 Å². The molecule has 1 N–H and O–H groups in total. The Kier molecular flexibility index (Phi) is 7.02. The van der Waals surface area contributed by atoms with Crippen molar-refractivity contribution in [3.8, 4) is 0 Å². The third kappa shape index (κ3) is 5.49. The van der Waals surface area contributed by atoms with Crippen molar-refractivity contribution in [3.63, 3.8) is 0 Å². The van der Waals surface area contributed by atoms with Crippen LogP contribution in [0.4, 0.5) is 23.7 Å². The highest BCUT2D eigenvalue weighted by atomic mass is 35.5. The number of carbonyl (C=O) groups excluding carboxylic acids is 1. The van der Waals surface area contributed by atoms with E-state index in [1.54, 1.807) is 19.1 Å². The van der Waals surface area contributed by atoms with Gasteiger partial charge in [0, 0.05) is 17.8 Å². The molecule has 1 aromatic heterocycles. The lowest BCUT2D eigenvalue weighted by Gasteiger charge is -2.25. The molecule has 1 fully saturated rings. The fourth-order valence-electron chi connectivity index (χ4n) is 4.20. The minimum Gasteiger partial charge on any atom is -0.314 e. The minimum absolute atomic E-state index is 0.316. The van der Waals surface area contributed by atoms with Gasteiger partial charge in [-0.3, -0.25) is 0 Å². The van der Waals surface area contributed by atoms with Crippen molar-refractivity contribution in [1.29, 1.82) is 0 Å². The van der Waals surface area contributed by atoms with Crippen LogP contribution in [0.5, 0.6) is 0 Å². The van der Waals surface area contributed by atoms with E-state index in [2.05, 4.69) is 15.5 Å².